The number of rotatable bonds is 8. The molecule has 0 aliphatic carbocycles. The van der Waals surface area contributed by atoms with Gasteiger partial charge >= 0.3 is 0 Å². The first-order valence-electron chi connectivity index (χ1n) is 9.96. The number of aryl methyl sites for hydroxylation is 1. The summed E-state index contributed by atoms with van der Waals surface area (Å²) in [7, 11) is 0. The molecule has 1 heterocycles. The fraction of sp³-hybridized carbons (Fsp3) is 0.273. The Morgan fingerprint density at radius 1 is 1.19 bits per heavy atom. The predicted octanol–water partition coefficient (Wildman–Crippen LogP) is 5.24. The topological polar surface area (TPSA) is 88.9 Å². The minimum atomic E-state index is -0.362. The number of anilines is 1. The predicted molar refractivity (Wildman–Crippen MR) is 131 cm³/mol. The second kappa shape index (κ2) is 11.0. The van der Waals surface area contributed by atoms with Crippen molar-refractivity contribution in [3.05, 3.63) is 68.9 Å². The maximum absolute atomic E-state index is 12.5. The van der Waals surface area contributed by atoms with Crippen molar-refractivity contribution in [2.75, 3.05) is 11.1 Å². The zero-order chi connectivity index (χ0) is 23.3. The standard InChI is InChI=1S/C22H23BrClN5O2S/c1-4-29-20(14(3)25-21(31)15-5-8-17(24)9-6-15)27-28-22(29)32-12-19(30)26-18-10-7-16(23)11-13(18)2/h5-11,14H,4,12H2,1-3H3,(H,25,31)(H,26,30)/t14-/m1/s1. The van der Waals surface area contributed by atoms with Crippen LogP contribution in [0.4, 0.5) is 5.69 Å². The Kier molecular flexibility index (Phi) is 8.33. The van der Waals surface area contributed by atoms with Crippen LogP contribution in [0.25, 0.3) is 0 Å². The molecule has 0 unspecified atom stereocenters. The van der Waals surface area contributed by atoms with Gasteiger partial charge in [0.05, 0.1) is 11.8 Å². The van der Waals surface area contributed by atoms with Gasteiger partial charge in [-0.1, -0.05) is 39.3 Å². The molecular weight excluding hydrogens is 514 g/mol. The van der Waals surface area contributed by atoms with E-state index in [9.17, 15) is 9.59 Å². The van der Waals surface area contributed by atoms with E-state index in [2.05, 4.69) is 36.8 Å². The lowest BCUT2D eigenvalue weighted by molar-refractivity contribution is -0.113. The Labute approximate surface area is 204 Å². The van der Waals surface area contributed by atoms with Gasteiger partial charge in [0, 0.05) is 27.3 Å². The number of aromatic nitrogens is 3. The zero-order valence-corrected chi connectivity index (χ0v) is 21.0. The quantitative estimate of drug-likeness (QED) is 0.384. The Morgan fingerprint density at radius 3 is 2.56 bits per heavy atom. The minimum absolute atomic E-state index is 0.128. The van der Waals surface area contributed by atoms with Crippen LogP contribution < -0.4 is 10.6 Å². The number of hydrogen-bond acceptors (Lipinski definition) is 5. The molecule has 1 aromatic heterocycles. The van der Waals surface area contributed by atoms with Crippen LogP contribution in [0.1, 0.15) is 41.6 Å². The van der Waals surface area contributed by atoms with Crippen molar-refractivity contribution >= 4 is 56.8 Å². The smallest absolute Gasteiger partial charge is 0.251 e. The number of hydrogen-bond donors (Lipinski definition) is 2. The molecule has 10 heteroatoms. The Bertz CT molecular complexity index is 1120. The third-order valence-electron chi connectivity index (χ3n) is 4.70. The molecule has 0 aliphatic heterocycles. The first kappa shape index (κ1) is 24.3. The lowest BCUT2D eigenvalue weighted by Crippen LogP contribution is -2.28. The van der Waals surface area contributed by atoms with Gasteiger partial charge in [0.15, 0.2) is 11.0 Å². The fourth-order valence-corrected chi connectivity index (χ4v) is 4.46. The van der Waals surface area contributed by atoms with E-state index in [0.29, 0.717) is 28.1 Å². The van der Waals surface area contributed by atoms with Crippen LogP contribution in [-0.4, -0.2) is 32.3 Å². The number of nitrogens with zero attached hydrogens (tertiary/aromatic N) is 3. The van der Waals surface area contributed by atoms with Crippen LogP contribution in [0.2, 0.25) is 5.02 Å². The molecule has 0 aliphatic rings. The maximum atomic E-state index is 12.5. The molecule has 0 saturated heterocycles. The summed E-state index contributed by atoms with van der Waals surface area (Å²) < 4.78 is 2.86. The summed E-state index contributed by atoms with van der Waals surface area (Å²) in [6.45, 7) is 6.36. The number of thioether (sulfide) groups is 1. The van der Waals surface area contributed by atoms with Gasteiger partial charge in [-0.25, -0.2) is 0 Å². The molecule has 2 N–H and O–H groups in total. The van der Waals surface area contributed by atoms with E-state index in [4.69, 9.17) is 11.6 Å². The van der Waals surface area contributed by atoms with Crippen LogP contribution >= 0.6 is 39.3 Å². The van der Waals surface area contributed by atoms with Crippen molar-refractivity contribution in [2.45, 2.75) is 38.5 Å². The lowest BCUT2D eigenvalue weighted by atomic mass is 10.2. The largest absolute Gasteiger partial charge is 0.342 e. The number of benzene rings is 2. The van der Waals surface area contributed by atoms with Gasteiger partial charge in [-0.05, 0) is 68.8 Å². The summed E-state index contributed by atoms with van der Waals surface area (Å²) in [6.07, 6.45) is 0. The van der Waals surface area contributed by atoms with Crippen LogP contribution in [0, 0.1) is 6.92 Å². The van der Waals surface area contributed by atoms with E-state index in [0.717, 1.165) is 15.7 Å². The van der Waals surface area contributed by atoms with Crippen LogP contribution in [0.5, 0.6) is 0 Å². The van der Waals surface area contributed by atoms with Gasteiger partial charge in [0.25, 0.3) is 5.91 Å². The summed E-state index contributed by atoms with van der Waals surface area (Å²) in [6, 6.07) is 12.0. The molecule has 0 fully saturated rings. The normalized spacial score (nSPS) is 11.8. The van der Waals surface area contributed by atoms with Crippen molar-refractivity contribution in [3.63, 3.8) is 0 Å². The highest BCUT2D eigenvalue weighted by Crippen LogP contribution is 2.23. The first-order chi connectivity index (χ1) is 15.3. The summed E-state index contributed by atoms with van der Waals surface area (Å²) in [5.74, 6) is 0.468. The summed E-state index contributed by atoms with van der Waals surface area (Å²) in [5.41, 5.74) is 2.26. The third-order valence-corrected chi connectivity index (χ3v) is 6.41. The third kappa shape index (κ3) is 6.11. The molecule has 0 radical (unpaired) electrons. The van der Waals surface area contributed by atoms with Gasteiger partial charge < -0.3 is 15.2 Å². The molecule has 3 aromatic rings. The van der Waals surface area contributed by atoms with Crippen molar-refractivity contribution in [2.24, 2.45) is 0 Å². The molecule has 0 saturated carbocycles. The van der Waals surface area contributed by atoms with E-state index in [-0.39, 0.29) is 23.6 Å². The molecule has 1 atom stereocenters. The molecule has 168 valence electrons. The van der Waals surface area contributed by atoms with Gasteiger partial charge in [-0.3, -0.25) is 9.59 Å². The van der Waals surface area contributed by atoms with Crippen molar-refractivity contribution < 1.29 is 9.59 Å². The average Bonchev–Trinajstić information content (AvgIpc) is 3.17. The Balaban J connectivity index is 1.62. The molecule has 3 rings (SSSR count). The van der Waals surface area contributed by atoms with Gasteiger partial charge in [0.1, 0.15) is 0 Å². The van der Waals surface area contributed by atoms with Crippen molar-refractivity contribution in [1.82, 2.24) is 20.1 Å². The van der Waals surface area contributed by atoms with Crippen LogP contribution in [-0.2, 0) is 11.3 Å². The molecule has 0 spiro atoms. The lowest BCUT2D eigenvalue weighted by Gasteiger charge is -2.15. The van der Waals surface area contributed by atoms with E-state index >= 15 is 0 Å². The summed E-state index contributed by atoms with van der Waals surface area (Å²) in [5, 5.41) is 15.5. The fourth-order valence-electron chi connectivity index (χ4n) is 3.05. The molecule has 0 bridgehead atoms. The number of amides is 2. The van der Waals surface area contributed by atoms with Gasteiger partial charge in [-0.2, -0.15) is 0 Å². The molecule has 2 aromatic carbocycles. The Morgan fingerprint density at radius 2 is 1.91 bits per heavy atom. The minimum Gasteiger partial charge on any atom is -0.342 e. The molecule has 7 nitrogen and oxygen atoms in total. The molecule has 2 amide bonds. The summed E-state index contributed by atoms with van der Waals surface area (Å²) in [4.78, 5) is 24.9. The number of nitrogens with one attached hydrogen (secondary N) is 2. The highest BCUT2D eigenvalue weighted by molar-refractivity contribution is 9.10. The highest BCUT2D eigenvalue weighted by Gasteiger charge is 2.20. The second-order valence-electron chi connectivity index (χ2n) is 7.08. The van der Waals surface area contributed by atoms with E-state index in [1.165, 1.54) is 11.8 Å². The van der Waals surface area contributed by atoms with Crippen LogP contribution in [0.15, 0.2) is 52.1 Å². The SMILES string of the molecule is CCn1c(SCC(=O)Nc2ccc(Br)cc2C)nnc1[C@@H](C)NC(=O)c1ccc(Cl)cc1. The van der Waals surface area contributed by atoms with Gasteiger partial charge in [0.2, 0.25) is 5.91 Å². The monoisotopic (exact) mass is 535 g/mol. The zero-order valence-electron chi connectivity index (χ0n) is 17.9. The van der Waals surface area contributed by atoms with Gasteiger partial charge in [-0.15, -0.1) is 10.2 Å². The van der Waals surface area contributed by atoms with Crippen molar-refractivity contribution in [1.29, 1.82) is 0 Å². The summed E-state index contributed by atoms with van der Waals surface area (Å²) >= 11 is 10.6. The number of carbonyl (C=O) groups is 2. The van der Waals surface area contributed by atoms with E-state index in [1.807, 2.05) is 43.5 Å². The van der Waals surface area contributed by atoms with Crippen molar-refractivity contribution in [3.8, 4) is 0 Å². The Hall–Kier alpha value is -2.36. The average molecular weight is 537 g/mol. The molecular formula is C22H23BrClN5O2S. The van der Waals surface area contributed by atoms with E-state index in [1.54, 1.807) is 24.3 Å². The number of halogens is 2. The highest BCUT2D eigenvalue weighted by atomic mass is 79.9. The first-order valence-corrected chi connectivity index (χ1v) is 12.1. The second-order valence-corrected chi connectivity index (χ2v) is 9.38. The van der Waals surface area contributed by atoms with E-state index < -0.39 is 0 Å². The maximum Gasteiger partial charge on any atom is 0.251 e. The van der Waals surface area contributed by atoms with Crippen LogP contribution in [0.3, 0.4) is 0 Å². The number of carbonyl (C=O) groups excluding carboxylic acids is 2. The molecule has 32 heavy (non-hydrogen) atoms.